The summed E-state index contributed by atoms with van der Waals surface area (Å²) in [5.74, 6) is -1.18. The number of aliphatic hydroxyl groups excluding tert-OH is 1. The van der Waals surface area contributed by atoms with E-state index in [-0.39, 0.29) is 18.9 Å². The molecular weight excluding hydrogens is 838 g/mol. The number of carbonyl (C=O) groups is 2. The summed E-state index contributed by atoms with van der Waals surface area (Å²) in [5, 5.41) is 9.75. The number of allylic oxidation sites excluding steroid dienone is 12. The summed E-state index contributed by atoms with van der Waals surface area (Å²) >= 11 is 0. The molecule has 14 nitrogen and oxygen atoms in total. The topological polar surface area (TPSA) is 208 Å². The lowest BCUT2D eigenvalue weighted by Gasteiger charge is -2.20. The summed E-state index contributed by atoms with van der Waals surface area (Å²) in [5.41, 5.74) is 0. The predicted molar refractivity (Wildman–Crippen MR) is 243 cm³/mol. The molecule has 1 fully saturated rings. The number of hydrogen-bond donors (Lipinski definition) is 4. The first kappa shape index (κ1) is 57.3. The van der Waals surface area contributed by atoms with Crippen LogP contribution in [0.15, 0.2) is 85.1 Å². The quantitative estimate of drug-likeness (QED) is 0.0148. The van der Waals surface area contributed by atoms with E-state index in [1.165, 1.54) is 38.5 Å². The lowest BCUT2D eigenvalue weighted by atomic mass is 10.1. The molecule has 354 valence electrons. The van der Waals surface area contributed by atoms with E-state index in [0.717, 1.165) is 51.4 Å². The van der Waals surface area contributed by atoms with E-state index in [9.17, 15) is 28.7 Å². The second-order valence-electron chi connectivity index (χ2n) is 15.0. The minimum Gasteiger partial charge on any atom is -0.462 e. The third-order valence-corrected chi connectivity index (χ3v) is 10.6. The van der Waals surface area contributed by atoms with E-state index in [4.69, 9.17) is 28.5 Å². The van der Waals surface area contributed by atoms with Crippen LogP contribution in [0.4, 0.5) is 0 Å². The molecule has 0 bridgehead atoms. The summed E-state index contributed by atoms with van der Waals surface area (Å²) in [4.78, 5) is 52.7. The fraction of sp³-hybridized carbons (Fsp3) is 0.652. The smallest absolute Gasteiger partial charge is 0.462 e. The third kappa shape index (κ3) is 37.8. The van der Waals surface area contributed by atoms with Gasteiger partial charge in [-0.1, -0.05) is 125 Å². The van der Waals surface area contributed by atoms with Crippen LogP contribution in [0, 0.1) is 0 Å². The summed E-state index contributed by atoms with van der Waals surface area (Å²) in [6, 6.07) is 0. The summed E-state index contributed by atoms with van der Waals surface area (Å²) in [7, 11) is -9.72. The molecule has 4 N–H and O–H groups in total. The number of rotatable bonds is 40. The Morgan fingerprint density at radius 3 is 1.48 bits per heavy atom. The van der Waals surface area contributed by atoms with Crippen molar-refractivity contribution < 1.29 is 66.3 Å². The van der Waals surface area contributed by atoms with Gasteiger partial charge in [-0.15, -0.1) is 0 Å². The average Bonchev–Trinajstić information content (AvgIpc) is 3.99. The van der Waals surface area contributed by atoms with Gasteiger partial charge in [0.2, 0.25) is 0 Å². The van der Waals surface area contributed by atoms with Crippen LogP contribution in [0.2, 0.25) is 0 Å². The average molecular weight is 915 g/mol. The molecule has 1 rings (SSSR count). The highest BCUT2D eigenvalue weighted by atomic mass is 31.2. The van der Waals surface area contributed by atoms with Gasteiger partial charge in [0, 0.05) is 12.8 Å². The van der Waals surface area contributed by atoms with Crippen molar-refractivity contribution in [3.8, 4) is 0 Å². The molecule has 0 aromatic heterocycles. The zero-order chi connectivity index (χ0) is 45.6. The molecule has 0 spiro atoms. The monoisotopic (exact) mass is 914 g/mol. The first-order valence-electron chi connectivity index (χ1n) is 22.4. The van der Waals surface area contributed by atoms with E-state index >= 15 is 0 Å². The summed E-state index contributed by atoms with van der Waals surface area (Å²) in [6.07, 6.45) is 44.7. The van der Waals surface area contributed by atoms with Crippen molar-refractivity contribution >= 4 is 27.6 Å². The molecule has 0 aliphatic carbocycles. The van der Waals surface area contributed by atoms with Crippen LogP contribution in [-0.4, -0.2) is 82.6 Å². The van der Waals surface area contributed by atoms with Crippen LogP contribution in [0.25, 0.3) is 0 Å². The Bertz CT molecular complexity index is 1480. The number of ether oxygens (including phenoxy) is 3. The molecule has 16 heteroatoms. The van der Waals surface area contributed by atoms with Gasteiger partial charge < -0.3 is 34.0 Å². The largest absolute Gasteiger partial charge is 0.472 e. The lowest BCUT2D eigenvalue weighted by Crippen LogP contribution is -2.29. The van der Waals surface area contributed by atoms with E-state index in [2.05, 4.69) is 83.7 Å². The molecule has 0 amide bonds. The first-order valence-corrected chi connectivity index (χ1v) is 25.4. The van der Waals surface area contributed by atoms with Crippen molar-refractivity contribution in [1.82, 2.24) is 0 Å². The first-order chi connectivity index (χ1) is 29.8. The van der Waals surface area contributed by atoms with Crippen LogP contribution in [0.3, 0.4) is 0 Å². The van der Waals surface area contributed by atoms with Crippen molar-refractivity contribution in [1.29, 1.82) is 0 Å². The number of phosphoric ester groups is 2. The number of esters is 2. The van der Waals surface area contributed by atoms with Crippen molar-refractivity contribution in [3.05, 3.63) is 85.1 Å². The van der Waals surface area contributed by atoms with Crippen LogP contribution >= 0.6 is 15.6 Å². The highest BCUT2D eigenvalue weighted by Gasteiger charge is 2.36. The molecule has 0 aromatic carbocycles. The van der Waals surface area contributed by atoms with E-state index in [1.54, 1.807) is 0 Å². The van der Waals surface area contributed by atoms with Crippen LogP contribution in [-0.2, 0) is 46.5 Å². The maximum atomic E-state index is 12.7. The van der Waals surface area contributed by atoms with Gasteiger partial charge in [-0.2, -0.15) is 0 Å². The molecule has 1 saturated heterocycles. The molecule has 3 unspecified atom stereocenters. The highest BCUT2D eigenvalue weighted by Crippen LogP contribution is 2.44. The maximum Gasteiger partial charge on any atom is 0.472 e. The fourth-order valence-electron chi connectivity index (χ4n) is 5.61. The normalized spacial score (nSPS) is 18.0. The van der Waals surface area contributed by atoms with Crippen LogP contribution in [0.1, 0.15) is 142 Å². The molecule has 62 heavy (non-hydrogen) atoms. The van der Waals surface area contributed by atoms with Gasteiger partial charge in [0.15, 0.2) is 6.10 Å². The number of carbonyl (C=O) groups excluding carboxylic acids is 2. The maximum absolute atomic E-state index is 12.7. The molecule has 0 aromatic rings. The molecule has 5 atom stereocenters. The minimum absolute atomic E-state index is 0.0339. The Morgan fingerprint density at radius 1 is 0.548 bits per heavy atom. The summed E-state index contributed by atoms with van der Waals surface area (Å²) < 4.78 is 53.4. The minimum atomic E-state index is -4.88. The van der Waals surface area contributed by atoms with Gasteiger partial charge >= 0.3 is 27.6 Å². The fourth-order valence-corrected chi connectivity index (χ4v) is 6.76. The molecule has 1 aliphatic heterocycles. The van der Waals surface area contributed by atoms with Crippen molar-refractivity contribution in [2.75, 3.05) is 26.4 Å². The van der Waals surface area contributed by atoms with Gasteiger partial charge in [-0.3, -0.25) is 23.2 Å². The number of phosphoric acid groups is 2. The second kappa shape index (κ2) is 37.6. The SMILES string of the molecule is CCCCC/C=C\C/C=C\C/C=C\C/C=C\CCCC(=O)OC[C@H](COP(=O)(O)OC[C@@H](O)COP(=O)(O)O)OC(=O)CCC/C=C\C/C=C\CC1OC1C/C=C\CCCCC. The van der Waals surface area contributed by atoms with E-state index in [0.29, 0.717) is 31.8 Å². The molecule has 0 radical (unpaired) electrons. The van der Waals surface area contributed by atoms with Gasteiger partial charge in [0.1, 0.15) is 12.7 Å². The van der Waals surface area contributed by atoms with Crippen molar-refractivity contribution in [3.63, 3.8) is 0 Å². The lowest BCUT2D eigenvalue weighted by molar-refractivity contribution is -0.161. The summed E-state index contributed by atoms with van der Waals surface area (Å²) in [6.45, 7) is 1.55. The van der Waals surface area contributed by atoms with E-state index in [1.807, 2.05) is 24.3 Å². The van der Waals surface area contributed by atoms with Gasteiger partial charge in [0.05, 0.1) is 32.0 Å². The molecule has 1 heterocycles. The van der Waals surface area contributed by atoms with Crippen LogP contribution in [0.5, 0.6) is 0 Å². The standard InChI is InChI=1S/C46H76O14P2/c1-3-5-7-9-11-12-13-14-15-16-17-18-19-20-23-27-31-35-45(48)55-39-42(40-58-62(53,54)57-38-41(47)37-56-61(50,51)52)59-46(49)36-32-28-24-21-22-26-30-34-44-43(60-44)33-29-25-10-8-6-4-2/h11-12,14-15,17-18,20-21,23-26,29-30,41-44,47H,3-10,13,16,19,22,27-28,31-40H2,1-2H3,(H,53,54)(H2,50,51,52)/b12-11-,15-14-,18-17-,23-20-,24-21-,29-25-,30-26-/t41-,42+,43?,44?/m0/s1. The zero-order valence-electron chi connectivity index (χ0n) is 37.1. The second-order valence-corrected chi connectivity index (χ2v) is 17.7. The predicted octanol–water partition coefficient (Wildman–Crippen LogP) is 10.5. The van der Waals surface area contributed by atoms with Gasteiger partial charge in [0.25, 0.3) is 0 Å². The van der Waals surface area contributed by atoms with Gasteiger partial charge in [-0.25, -0.2) is 9.13 Å². The Morgan fingerprint density at radius 2 is 0.968 bits per heavy atom. The number of unbranched alkanes of at least 4 members (excludes halogenated alkanes) is 8. The van der Waals surface area contributed by atoms with Crippen molar-refractivity contribution in [2.45, 2.75) is 167 Å². The Kier molecular flexibility index (Phi) is 34.8. The number of hydrogen-bond acceptors (Lipinski definition) is 11. The Labute approximate surface area is 371 Å². The Balaban J connectivity index is 2.44. The molecule has 1 aliphatic rings. The van der Waals surface area contributed by atoms with Gasteiger partial charge in [-0.05, 0) is 89.9 Å². The highest BCUT2D eigenvalue weighted by molar-refractivity contribution is 7.47. The third-order valence-electron chi connectivity index (χ3n) is 9.15. The van der Waals surface area contributed by atoms with Crippen molar-refractivity contribution in [2.24, 2.45) is 0 Å². The molecule has 0 saturated carbocycles. The molecular formula is C46H76O14P2. The number of epoxide rings is 1. The van der Waals surface area contributed by atoms with Crippen LogP contribution < -0.4 is 0 Å². The number of aliphatic hydroxyl groups is 1. The Hall–Kier alpha value is -2.74. The zero-order valence-corrected chi connectivity index (χ0v) is 38.9. The van der Waals surface area contributed by atoms with E-state index < -0.39 is 66.2 Å².